The van der Waals surface area contributed by atoms with Crippen molar-refractivity contribution in [2.24, 2.45) is 0 Å². The molecular weight excluding hydrogens is 372 g/mol. The fraction of sp³-hybridized carbons (Fsp3) is 0.400. The van der Waals surface area contributed by atoms with Gasteiger partial charge in [-0.2, -0.15) is 0 Å². The summed E-state index contributed by atoms with van der Waals surface area (Å²) in [6.45, 7) is 5.34. The zero-order valence-corrected chi connectivity index (χ0v) is 17.0. The summed E-state index contributed by atoms with van der Waals surface area (Å²) in [5.74, 6) is 0.506. The van der Waals surface area contributed by atoms with Crippen molar-refractivity contribution in [2.75, 3.05) is 26.7 Å². The Morgan fingerprint density at radius 2 is 2.00 bits per heavy atom. The molecule has 8 heteroatoms. The molecule has 0 spiro atoms. The van der Waals surface area contributed by atoms with E-state index in [1.807, 2.05) is 42.3 Å². The number of amides is 1. The van der Waals surface area contributed by atoms with Crippen LogP contribution >= 0.6 is 11.3 Å². The van der Waals surface area contributed by atoms with Gasteiger partial charge in [-0.3, -0.25) is 4.79 Å². The lowest BCUT2D eigenvalue weighted by atomic mass is 10.0. The second kappa shape index (κ2) is 8.20. The third-order valence-electron chi connectivity index (χ3n) is 5.30. The third kappa shape index (κ3) is 3.83. The first kappa shape index (κ1) is 18.8. The van der Waals surface area contributed by atoms with Gasteiger partial charge in [0, 0.05) is 31.6 Å². The van der Waals surface area contributed by atoms with E-state index in [9.17, 15) is 4.79 Å². The van der Waals surface area contributed by atoms with Crippen LogP contribution in [0.3, 0.4) is 0 Å². The summed E-state index contributed by atoms with van der Waals surface area (Å²) in [6.07, 6.45) is 3.69. The second-order valence-electron chi connectivity index (χ2n) is 6.97. The van der Waals surface area contributed by atoms with Crippen molar-refractivity contribution in [3.63, 3.8) is 0 Å². The van der Waals surface area contributed by atoms with Gasteiger partial charge in [-0.05, 0) is 31.5 Å². The number of hydrogen-bond donors (Lipinski definition) is 0. The van der Waals surface area contributed by atoms with E-state index in [1.54, 1.807) is 16.4 Å². The highest BCUT2D eigenvalue weighted by molar-refractivity contribution is 7.13. The van der Waals surface area contributed by atoms with E-state index in [-0.39, 0.29) is 11.9 Å². The molecule has 2 aromatic heterocycles. The summed E-state index contributed by atoms with van der Waals surface area (Å²) < 4.78 is 1.71. The molecule has 1 aliphatic heterocycles. The van der Waals surface area contributed by atoms with Crippen LogP contribution in [0.1, 0.15) is 30.3 Å². The maximum Gasteiger partial charge on any atom is 0.273 e. The minimum Gasteiger partial charge on any atom is -0.337 e. The molecule has 0 N–H and O–H groups in total. The Balaban J connectivity index is 1.45. The molecule has 1 saturated heterocycles. The van der Waals surface area contributed by atoms with Crippen LogP contribution in [0, 0.1) is 0 Å². The van der Waals surface area contributed by atoms with Crippen LogP contribution in [0.4, 0.5) is 0 Å². The molecule has 1 fully saturated rings. The van der Waals surface area contributed by atoms with Gasteiger partial charge >= 0.3 is 0 Å². The van der Waals surface area contributed by atoms with Crippen molar-refractivity contribution in [1.82, 2.24) is 29.5 Å². The molecule has 0 radical (unpaired) electrons. The van der Waals surface area contributed by atoms with Gasteiger partial charge in [0.05, 0.1) is 5.69 Å². The summed E-state index contributed by atoms with van der Waals surface area (Å²) >= 11 is 1.40. The van der Waals surface area contributed by atoms with Crippen molar-refractivity contribution in [2.45, 2.75) is 25.8 Å². The quantitative estimate of drug-likeness (QED) is 0.663. The molecule has 4 rings (SSSR count). The molecule has 0 atom stereocenters. The van der Waals surface area contributed by atoms with Crippen LogP contribution in [0.2, 0.25) is 0 Å². The molecule has 0 aliphatic carbocycles. The monoisotopic (exact) mass is 396 g/mol. The molecule has 7 nitrogen and oxygen atoms in total. The molecule has 0 unspecified atom stereocenters. The van der Waals surface area contributed by atoms with Crippen molar-refractivity contribution >= 4 is 17.2 Å². The zero-order valence-electron chi connectivity index (χ0n) is 16.2. The molecular formula is C20H24N6OS. The van der Waals surface area contributed by atoms with Crippen molar-refractivity contribution in [1.29, 1.82) is 0 Å². The number of rotatable bonds is 5. The van der Waals surface area contributed by atoms with E-state index in [4.69, 9.17) is 0 Å². The van der Waals surface area contributed by atoms with Crippen LogP contribution < -0.4 is 0 Å². The molecule has 0 saturated carbocycles. The smallest absolute Gasteiger partial charge is 0.273 e. The summed E-state index contributed by atoms with van der Waals surface area (Å²) in [5.41, 5.74) is 1.41. The highest BCUT2D eigenvalue weighted by Gasteiger charge is 2.27. The fourth-order valence-electron chi connectivity index (χ4n) is 3.51. The van der Waals surface area contributed by atoms with Crippen LogP contribution in [0.15, 0.2) is 42.0 Å². The summed E-state index contributed by atoms with van der Waals surface area (Å²) in [6, 6.07) is 10.1. The lowest BCUT2D eigenvalue weighted by Crippen LogP contribution is -2.45. The first-order chi connectivity index (χ1) is 13.7. The number of hydrogen-bond acceptors (Lipinski definition) is 6. The number of nitrogens with zero attached hydrogens (tertiary/aromatic N) is 6. The van der Waals surface area contributed by atoms with E-state index in [1.165, 1.54) is 11.3 Å². The zero-order chi connectivity index (χ0) is 19.5. The Bertz CT molecular complexity index is 929. The van der Waals surface area contributed by atoms with Crippen LogP contribution in [-0.4, -0.2) is 68.2 Å². The summed E-state index contributed by atoms with van der Waals surface area (Å²) in [5, 5.41) is 6.96. The van der Waals surface area contributed by atoms with Gasteiger partial charge in [0.25, 0.3) is 5.91 Å². The van der Waals surface area contributed by atoms with Crippen LogP contribution in [0.25, 0.3) is 16.5 Å². The number of thiazole rings is 1. The maximum absolute atomic E-state index is 12.9. The summed E-state index contributed by atoms with van der Waals surface area (Å²) in [4.78, 5) is 26.0. The predicted octanol–water partition coefficient (Wildman–Crippen LogP) is 2.95. The Labute approximate surface area is 168 Å². The minimum absolute atomic E-state index is 0.0278. The topological polar surface area (TPSA) is 67.2 Å². The maximum atomic E-state index is 12.9. The van der Waals surface area contributed by atoms with Gasteiger partial charge in [-0.25, -0.2) is 14.6 Å². The highest BCUT2D eigenvalue weighted by atomic mass is 32.1. The van der Waals surface area contributed by atoms with E-state index in [0.29, 0.717) is 16.5 Å². The lowest BCUT2D eigenvalue weighted by molar-refractivity contribution is 0.0642. The minimum atomic E-state index is -0.0278. The average Bonchev–Trinajstić information content (AvgIpc) is 3.43. The summed E-state index contributed by atoms with van der Waals surface area (Å²) in [7, 11) is 1.88. The molecule has 3 heterocycles. The van der Waals surface area contributed by atoms with Gasteiger partial charge in [-0.1, -0.05) is 25.1 Å². The Morgan fingerprint density at radius 3 is 2.71 bits per heavy atom. The molecule has 1 aliphatic rings. The van der Waals surface area contributed by atoms with E-state index in [2.05, 4.69) is 26.9 Å². The fourth-order valence-corrected chi connectivity index (χ4v) is 4.24. The second-order valence-corrected chi connectivity index (χ2v) is 7.83. The average molecular weight is 397 g/mol. The standard InChI is InChI=1S/C20H24N6OS/c1-3-25-11-9-15(10-12-25)24(2)20(27)17-13-28-19(22-17)18-21-14-26(23-18)16-7-5-4-6-8-16/h4-8,13-15H,3,9-12H2,1-2H3. The highest BCUT2D eigenvalue weighted by Crippen LogP contribution is 2.23. The number of likely N-dealkylation sites (tertiary alicyclic amines) is 1. The third-order valence-corrected chi connectivity index (χ3v) is 6.14. The number of benzene rings is 1. The molecule has 1 amide bonds. The number of para-hydroxylation sites is 1. The van der Waals surface area contributed by atoms with Gasteiger partial charge in [0.15, 0.2) is 5.01 Å². The molecule has 28 heavy (non-hydrogen) atoms. The van der Waals surface area contributed by atoms with Crippen molar-refractivity contribution in [3.8, 4) is 16.5 Å². The van der Waals surface area contributed by atoms with Gasteiger partial charge in [-0.15, -0.1) is 16.4 Å². The normalized spacial score (nSPS) is 15.6. The van der Waals surface area contributed by atoms with E-state index >= 15 is 0 Å². The van der Waals surface area contributed by atoms with Crippen LogP contribution in [-0.2, 0) is 0 Å². The molecule has 0 bridgehead atoms. The Kier molecular flexibility index (Phi) is 5.50. The number of carbonyl (C=O) groups excluding carboxylic acids is 1. The number of piperidine rings is 1. The predicted molar refractivity (Wildman–Crippen MR) is 110 cm³/mol. The molecule has 146 valence electrons. The SMILES string of the molecule is CCN1CCC(N(C)C(=O)c2csc(-c3ncn(-c4ccccc4)n3)n2)CC1. The van der Waals surface area contributed by atoms with Gasteiger partial charge in [0.2, 0.25) is 5.82 Å². The number of carbonyl (C=O) groups is 1. The first-order valence-corrected chi connectivity index (χ1v) is 10.5. The molecule has 3 aromatic rings. The molecule has 1 aromatic carbocycles. The number of aromatic nitrogens is 4. The van der Waals surface area contributed by atoms with Gasteiger partial charge < -0.3 is 9.80 Å². The largest absolute Gasteiger partial charge is 0.337 e. The first-order valence-electron chi connectivity index (χ1n) is 9.58. The lowest BCUT2D eigenvalue weighted by Gasteiger charge is -2.36. The Morgan fingerprint density at radius 1 is 1.25 bits per heavy atom. The van der Waals surface area contributed by atoms with Crippen molar-refractivity contribution in [3.05, 3.63) is 47.7 Å². The Hall–Kier alpha value is -2.58. The van der Waals surface area contributed by atoms with Crippen LogP contribution in [0.5, 0.6) is 0 Å². The van der Waals surface area contributed by atoms with Crippen molar-refractivity contribution < 1.29 is 4.79 Å². The van der Waals surface area contributed by atoms with E-state index in [0.717, 1.165) is 38.2 Å². The van der Waals surface area contributed by atoms with E-state index < -0.39 is 0 Å². The van der Waals surface area contributed by atoms with Gasteiger partial charge in [0.1, 0.15) is 12.0 Å².